The van der Waals surface area contributed by atoms with Gasteiger partial charge in [-0.2, -0.15) is 0 Å². The lowest BCUT2D eigenvalue weighted by Gasteiger charge is -2.24. The number of unbranched alkanes of at least 4 members (excludes halogenated alkanes) is 1. The van der Waals surface area contributed by atoms with Crippen LogP contribution in [-0.4, -0.2) is 6.16 Å². The van der Waals surface area contributed by atoms with E-state index in [4.69, 9.17) is 0 Å². The second-order valence-corrected chi connectivity index (χ2v) is 8.21. The Bertz CT molecular complexity index is 562. The highest BCUT2D eigenvalue weighted by atomic mass is 31.1. The fourth-order valence-electron chi connectivity index (χ4n) is 2.74. The van der Waals surface area contributed by atoms with Gasteiger partial charge in [0.2, 0.25) is 0 Å². The van der Waals surface area contributed by atoms with Gasteiger partial charge in [-0.1, -0.05) is 49.7 Å². The van der Waals surface area contributed by atoms with Gasteiger partial charge in [0.15, 0.2) is 0 Å². The van der Waals surface area contributed by atoms with Crippen LogP contribution in [0.4, 0.5) is 0 Å². The van der Waals surface area contributed by atoms with Crippen molar-refractivity contribution in [2.24, 2.45) is 0 Å². The third-order valence-electron chi connectivity index (χ3n) is 4.47. The second-order valence-electron chi connectivity index (χ2n) is 5.94. The summed E-state index contributed by atoms with van der Waals surface area (Å²) in [5, 5.41) is 3.15. The summed E-state index contributed by atoms with van der Waals surface area (Å²) in [4.78, 5) is 0. The molecule has 0 atom stereocenters. The molecule has 0 heterocycles. The van der Waals surface area contributed by atoms with Crippen molar-refractivity contribution >= 4 is 18.5 Å². The average molecular weight is 298 g/mol. The molecule has 21 heavy (non-hydrogen) atoms. The van der Waals surface area contributed by atoms with Crippen LogP contribution in [0.3, 0.4) is 0 Å². The molecule has 0 spiro atoms. The maximum atomic E-state index is 2.35. The molecular weight excluding hydrogens is 271 g/mol. The highest BCUT2D eigenvalue weighted by Gasteiger charge is 2.18. The maximum Gasteiger partial charge on any atom is -0.0163 e. The summed E-state index contributed by atoms with van der Waals surface area (Å²) in [6.45, 7) is 11.3. The van der Waals surface area contributed by atoms with Gasteiger partial charge in [0.25, 0.3) is 0 Å². The van der Waals surface area contributed by atoms with Crippen LogP contribution in [-0.2, 0) is 0 Å². The lowest BCUT2D eigenvalue weighted by Crippen LogP contribution is -2.20. The van der Waals surface area contributed by atoms with E-state index in [9.17, 15) is 0 Å². The zero-order valence-electron chi connectivity index (χ0n) is 14.0. The molecule has 0 radical (unpaired) electrons. The van der Waals surface area contributed by atoms with Gasteiger partial charge in [-0.25, -0.2) is 0 Å². The molecule has 0 aliphatic rings. The first-order chi connectivity index (χ1) is 10.1. The Morgan fingerprint density at radius 2 is 1.24 bits per heavy atom. The smallest absolute Gasteiger partial charge is 0.0163 e. The van der Waals surface area contributed by atoms with Crippen LogP contribution in [0, 0.1) is 27.7 Å². The largest absolute Gasteiger partial charge is 0.0654 e. The van der Waals surface area contributed by atoms with Crippen molar-refractivity contribution in [2.75, 3.05) is 6.16 Å². The molecule has 0 aromatic heterocycles. The molecule has 0 aliphatic carbocycles. The molecule has 0 aliphatic heterocycles. The monoisotopic (exact) mass is 298 g/mol. The van der Waals surface area contributed by atoms with Crippen molar-refractivity contribution in [3.8, 4) is 0 Å². The van der Waals surface area contributed by atoms with E-state index in [1.54, 1.807) is 10.6 Å². The van der Waals surface area contributed by atoms with Crippen molar-refractivity contribution in [1.29, 1.82) is 0 Å². The molecule has 112 valence electrons. The van der Waals surface area contributed by atoms with Crippen LogP contribution in [0.15, 0.2) is 36.4 Å². The summed E-state index contributed by atoms with van der Waals surface area (Å²) in [5.41, 5.74) is 5.81. The quantitative estimate of drug-likeness (QED) is 0.669. The number of aryl methyl sites for hydroxylation is 2. The lowest BCUT2D eigenvalue weighted by molar-refractivity contribution is 0.893. The Morgan fingerprint density at radius 3 is 1.67 bits per heavy atom. The summed E-state index contributed by atoms with van der Waals surface area (Å²) in [6, 6.07) is 13.6. The first-order valence-corrected chi connectivity index (χ1v) is 9.49. The first kappa shape index (κ1) is 16.2. The zero-order valence-corrected chi connectivity index (χ0v) is 14.9. The van der Waals surface area contributed by atoms with Gasteiger partial charge in [0.1, 0.15) is 0 Å². The van der Waals surface area contributed by atoms with Gasteiger partial charge in [-0.05, 0) is 81.1 Å². The standard InChI is InChI=1S/C20H27P/c1-6-7-14-21(19-12-8-10-15(2)17(19)4)20-13-9-11-16(3)18(20)5/h8-13H,6-7,14H2,1-5H3. The van der Waals surface area contributed by atoms with E-state index in [2.05, 4.69) is 71.0 Å². The van der Waals surface area contributed by atoms with Crippen LogP contribution in [0.2, 0.25) is 0 Å². The van der Waals surface area contributed by atoms with Crippen LogP contribution in [0.25, 0.3) is 0 Å². The van der Waals surface area contributed by atoms with Crippen molar-refractivity contribution < 1.29 is 0 Å². The molecular formula is C20H27P. The average Bonchev–Trinajstić information content (AvgIpc) is 2.47. The van der Waals surface area contributed by atoms with E-state index < -0.39 is 0 Å². The highest BCUT2D eigenvalue weighted by molar-refractivity contribution is 7.73. The van der Waals surface area contributed by atoms with E-state index in [1.165, 1.54) is 41.3 Å². The number of hydrogen-bond acceptors (Lipinski definition) is 0. The number of hydrogen-bond donors (Lipinski definition) is 0. The summed E-state index contributed by atoms with van der Waals surface area (Å²) >= 11 is 0. The molecule has 0 amide bonds. The predicted molar refractivity (Wildman–Crippen MR) is 97.8 cm³/mol. The van der Waals surface area contributed by atoms with Crippen molar-refractivity contribution in [3.63, 3.8) is 0 Å². The van der Waals surface area contributed by atoms with Gasteiger partial charge in [0.05, 0.1) is 0 Å². The van der Waals surface area contributed by atoms with E-state index in [-0.39, 0.29) is 7.92 Å². The molecule has 1 heteroatoms. The van der Waals surface area contributed by atoms with E-state index in [0.29, 0.717) is 0 Å². The van der Waals surface area contributed by atoms with Gasteiger partial charge in [-0.15, -0.1) is 0 Å². The summed E-state index contributed by atoms with van der Waals surface area (Å²) in [7, 11) is -0.231. The van der Waals surface area contributed by atoms with Crippen LogP contribution in [0.1, 0.15) is 42.0 Å². The van der Waals surface area contributed by atoms with Crippen molar-refractivity contribution in [1.82, 2.24) is 0 Å². The highest BCUT2D eigenvalue weighted by Crippen LogP contribution is 2.38. The van der Waals surface area contributed by atoms with Crippen LogP contribution < -0.4 is 10.6 Å². The predicted octanol–water partition coefficient (Wildman–Crippen LogP) is 5.15. The molecule has 0 saturated heterocycles. The molecule has 0 N–H and O–H groups in total. The number of benzene rings is 2. The molecule has 0 fully saturated rings. The van der Waals surface area contributed by atoms with Crippen LogP contribution in [0.5, 0.6) is 0 Å². The van der Waals surface area contributed by atoms with E-state index >= 15 is 0 Å². The second kappa shape index (κ2) is 7.23. The van der Waals surface area contributed by atoms with Gasteiger partial charge < -0.3 is 0 Å². The molecule has 0 nitrogen and oxygen atoms in total. The molecule has 2 rings (SSSR count). The van der Waals surface area contributed by atoms with Crippen molar-refractivity contribution in [3.05, 3.63) is 58.7 Å². The third-order valence-corrected chi connectivity index (χ3v) is 7.36. The van der Waals surface area contributed by atoms with E-state index in [0.717, 1.165) is 0 Å². The van der Waals surface area contributed by atoms with Gasteiger partial charge in [-0.3, -0.25) is 0 Å². The molecule has 0 bridgehead atoms. The zero-order chi connectivity index (χ0) is 15.4. The molecule has 2 aromatic rings. The lowest BCUT2D eigenvalue weighted by atomic mass is 10.1. The Kier molecular flexibility index (Phi) is 5.59. The minimum Gasteiger partial charge on any atom is -0.0654 e. The SMILES string of the molecule is CCCCP(c1cccc(C)c1C)c1cccc(C)c1C. The van der Waals surface area contributed by atoms with E-state index in [1.807, 2.05) is 0 Å². The summed E-state index contributed by atoms with van der Waals surface area (Å²) < 4.78 is 0. The Labute approximate surface area is 131 Å². The Balaban J connectivity index is 2.52. The van der Waals surface area contributed by atoms with Gasteiger partial charge in [0, 0.05) is 0 Å². The van der Waals surface area contributed by atoms with Gasteiger partial charge >= 0.3 is 0 Å². The topological polar surface area (TPSA) is 0 Å². The fraction of sp³-hybridized carbons (Fsp3) is 0.400. The summed E-state index contributed by atoms with van der Waals surface area (Å²) in [5.74, 6) is 0. The fourth-order valence-corrected chi connectivity index (χ4v) is 5.81. The molecule has 2 aromatic carbocycles. The third kappa shape index (κ3) is 3.55. The van der Waals surface area contributed by atoms with Crippen LogP contribution >= 0.6 is 7.92 Å². The first-order valence-electron chi connectivity index (χ1n) is 7.96. The summed E-state index contributed by atoms with van der Waals surface area (Å²) in [6.07, 6.45) is 3.89. The molecule has 0 unspecified atom stereocenters. The minimum absolute atomic E-state index is 0.231. The van der Waals surface area contributed by atoms with Crippen molar-refractivity contribution in [2.45, 2.75) is 47.5 Å². The maximum absolute atomic E-state index is 2.35. The normalized spacial score (nSPS) is 11.1. The number of rotatable bonds is 5. The Morgan fingerprint density at radius 1 is 0.762 bits per heavy atom. The minimum atomic E-state index is -0.231. The molecule has 0 saturated carbocycles. The Hall–Kier alpha value is -1.13.